The number of aliphatic hydroxyl groups excluding tert-OH is 1. The minimum atomic E-state index is -1.23. The Kier molecular flexibility index (Phi) is 11.1. The number of nitrogens with one attached hydrogen (secondary N) is 2. The lowest BCUT2D eigenvalue weighted by molar-refractivity contribution is -0.145. The molecule has 0 amide bonds. The van der Waals surface area contributed by atoms with Crippen molar-refractivity contribution in [2.75, 3.05) is 41.5 Å². The maximum atomic E-state index is 9.45. The molecule has 2 aromatic carbocycles. The Morgan fingerprint density at radius 1 is 0.789 bits per heavy atom. The Balaban J connectivity index is 0.000000599. The van der Waals surface area contributed by atoms with Crippen molar-refractivity contribution in [2.45, 2.75) is 63.6 Å². The Morgan fingerprint density at radius 3 is 1.45 bits per heavy atom. The number of rotatable bonds is 10. The standard InChI is InChI=1S/C26H36N2O4.C3H6O3/c1-29-23-13-17-9-11-27-21(19(17)15-25(23)31-3)7-5-6-8-22-20-16-26(32-4)24(30-2)14-18(20)10-12-28-22;1-2(4)3(5)6/h13-16,21-22,27-28H,5-12H2,1-4H3;2,4H,1H3,(H,5,6). The van der Waals surface area contributed by atoms with Gasteiger partial charge in [0, 0.05) is 12.1 Å². The Bertz CT molecular complexity index is 998. The molecule has 0 fully saturated rings. The summed E-state index contributed by atoms with van der Waals surface area (Å²) >= 11 is 0. The van der Waals surface area contributed by atoms with Gasteiger partial charge in [0.25, 0.3) is 0 Å². The fraction of sp³-hybridized carbons (Fsp3) is 0.552. The molecule has 210 valence electrons. The summed E-state index contributed by atoms with van der Waals surface area (Å²) < 4.78 is 22.1. The van der Waals surface area contributed by atoms with Gasteiger partial charge in [-0.05, 0) is 92.2 Å². The smallest absolute Gasteiger partial charge is 0.332 e. The van der Waals surface area contributed by atoms with E-state index in [0.717, 1.165) is 61.8 Å². The van der Waals surface area contributed by atoms with Gasteiger partial charge >= 0.3 is 5.97 Å². The third-order valence-corrected chi connectivity index (χ3v) is 7.20. The third kappa shape index (κ3) is 7.30. The van der Waals surface area contributed by atoms with Crippen molar-refractivity contribution in [3.63, 3.8) is 0 Å². The van der Waals surface area contributed by atoms with Gasteiger partial charge in [-0.2, -0.15) is 0 Å². The highest BCUT2D eigenvalue weighted by Crippen LogP contribution is 2.38. The van der Waals surface area contributed by atoms with Gasteiger partial charge in [-0.1, -0.05) is 12.8 Å². The van der Waals surface area contributed by atoms with E-state index < -0.39 is 12.1 Å². The Labute approximate surface area is 225 Å². The van der Waals surface area contributed by atoms with Gasteiger partial charge < -0.3 is 39.8 Å². The summed E-state index contributed by atoms with van der Waals surface area (Å²) in [6, 6.07) is 9.34. The summed E-state index contributed by atoms with van der Waals surface area (Å²) in [7, 11) is 6.81. The average Bonchev–Trinajstić information content (AvgIpc) is 2.93. The van der Waals surface area contributed by atoms with E-state index in [9.17, 15) is 4.79 Å². The molecular weight excluding hydrogens is 488 g/mol. The SMILES string of the molecule is CC(O)C(=O)O.COc1cc2c(cc1OC)C(CCCCC1NCCc3cc(OC)c(OC)cc31)NCC2. The van der Waals surface area contributed by atoms with Gasteiger partial charge in [-0.25, -0.2) is 4.79 Å². The van der Waals surface area contributed by atoms with Crippen LogP contribution in [-0.2, 0) is 17.6 Å². The largest absolute Gasteiger partial charge is 0.493 e. The molecule has 4 rings (SSSR count). The molecule has 2 aliphatic rings. The number of aliphatic carboxylic acids is 1. The molecule has 9 nitrogen and oxygen atoms in total. The lowest BCUT2D eigenvalue weighted by Gasteiger charge is -2.30. The predicted molar refractivity (Wildman–Crippen MR) is 146 cm³/mol. The maximum Gasteiger partial charge on any atom is 0.332 e. The van der Waals surface area contributed by atoms with Crippen LogP contribution in [0.3, 0.4) is 0 Å². The van der Waals surface area contributed by atoms with Gasteiger partial charge in [0.05, 0.1) is 28.4 Å². The Morgan fingerprint density at radius 2 is 1.13 bits per heavy atom. The van der Waals surface area contributed by atoms with Crippen LogP contribution in [0, 0.1) is 0 Å². The number of carboxylic acid groups (broad SMARTS) is 1. The van der Waals surface area contributed by atoms with E-state index in [4.69, 9.17) is 29.2 Å². The predicted octanol–water partition coefficient (Wildman–Crippen LogP) is 3.81. The lowest BCUT2D eigenvalue weighted by atomic mass is 9.88. The number of carboxylic acids is 1. The lowest BCUT2D eigenvalue weighted by Crippen LogP contribution is -2.30. The molecular formula is C29H42N2O7. The van der Waals surface area contributed by atoms with E-state index in [1.807, 2.05) is 0 Å². The summed E-state index contributed by atoms with van der Waals surface area (Å²) in [4.78, 5) is 9.45. The van der Waals surface area contributed by atoms with E-state index in [1.54, 1.807) is 28.4 Å². The molecule has 0 radical (unpaired) electrons. The molecule has 2 heterocycles. The molecule has 0 spiro atoms. The molecule has 38 heavy (non-hydrogen) atoms. The zero-order valence-corrected chi connectivity index (χ0v) is 23.1. The van der Waals surface area contributed by atoms with Crippen molar-refractivity contribution in [3.8, 4) is 23.0 Å². The molecule has 0 bridgehead atoms. The number of hydrogen-bond donors (Lipinski definition) is 4. The van der Waals surface area contributed by atoms with E-state index in [-0.39, 0.29) is 0 Å². The van der Waals surface area contributed by atoms with Crippen LogP contribution in [0.5, 0.6) is 23.0 Å². The zero-order chi connectivity index (χ0) is 27.7. The summed E-state index contributed by atoms with van der Waals surface area (Å²) in [5.74, 6) is 2.08. The number of benzene rings is 2. The molecule has 0 aliphatic carbocycles. The minimum absolute atomic E-state index is 0.370. The number of aliphatic hydroxyl groups is 1. The molecule has 0 saturated heterocycles. The van der Waals surface area contributed by atoms with Crippen LogP contribution >= 0.6 is 0 Å². The van der Waals surface area contributed by atoms with Crippen LogP contribution in [0.4, 0.5) is 0 Å². The second-order valence-electron chi connectivity index (χ2n) is 9.62. The first-order valence-corrected chi connectivity index (χ1v) is 13.2. The van der Waals surface area contributed by atoms with Crippen LogP contribution in [0.15, 0.2) is 24.3 Å². The third-order valence-electron chi connectivity index (χ3n) is 7.20. The van der Waals surface area contributed by atoms with Crippen LogP contribution < -0.4 is 29.6 Å². The maximum absolute atomic E-state index is 9.45. The number of hydrogen-bond acceptors (Lipinski definition) is 8. The number of fused-ring (bicyclic) bond motifs is 2. The van der Waals surface area contributed by atoms with Crippen LogP contribution in [0.1, 0.15) is 66.9 Å². The van der Waals surface area contributed by atoms with E-state index >= 15 is 0 Å². The second-order valence-corrected chi connectivity index (χ2v) is 9.62. The molecule has 0 aromatic heterocycles. The van der Waals surface area contributed by atoms with Crippen molar-refractivity contribution in [3.05, 3.63) is 46.5 Å². The topological polar surface area (TPSA) is 119 Å². The number of carbonyl (C=O) groups is 1. The van der Waals surface area contributed by atoms with E-state index in [1.165, 1.54) is 42.0 Å². The van der Waals surface area contributed by atoms with Crippen LogP contribution in [-0.4, -0.2) is 63.8 Å². The monoisotopic (exact) mass is 530 g/mol. The van der Waals surface area contributed by atoms with Crippen molar-refractivity contribution >= 4 is 5.97 Å². The molecule has 2 aromatic rings. The Hall–Kier alpha value is -3.01. The van der Waals surface area contributed by atoms with Crippen molar-refractivity contribution in [2.24, 2.45) is 0 Å². The normalized spacial score (nSPS) is 18.7. The molecule has 2 aliphatic heterocycles. The fourth-order valence-electron chi connectivity index (χ4n) is 5.15. The molecule has 4 N–H and O–H groups in total. The fourth-order valence-corrected chi connectivity index (χ4v) is 5.15. The van der Waals surface area contributed by atoms with Gasteiger partial charge in [-0.3, -0.25) is 0 Å². The quantitative estimate of drug-likeness (QED) is 0.340. The van der Waals surface area contributed by atoms with Crippen molar-refractivity contribution < 1.29 is 34.0 Å². The van der Waals surface area contributed by atoms with Crippen molar-refractivity contribution in [1.29, 1.82) is 0 Å². The van der Waals surface area contributed by atoms with E-state index in [2.05, 4.69) is 34.9 Å². The number of ether oxygens (including phenoxy) is 4. The van der Waals surface area contributed by atoms with Crippen molar-refractivity contribution in [1.82, 2.24) is 10.6 Å². The first kappa shape index (κ1) is 29.5. The molecule has 0 saturated carbocycles. The number of methoxy groups -OCH3 is 4. The average molecular weight is 531 g/mol. The summed E-state index contributed by atoms with van der Waals surface area (Å²) in [5, 5.41) is 23.2. The van der Waals surface area contributed by atoms with Crippen LogP contribution in [0.2, 0.25) is 0 Å². The highest BCUT2D eigenvalue weighted by molar-refractivity contribution is 5.71. The highest BCUT2D eigenvalue weighted by Gasteiger charge is 2.24. The zero-order valence-electron chi connectivity index (χ0n) is 23.1. The first-order valence-electron chi connectivity index (χ1n) is 13.2. The minimum Gasteiger partial charge on any atom is -0.493 e. The van der Waals surface area contributed by atoms with Gasteiger partial charge in [0.1, 0.15) is 6.10 Å². The number of unbranched alkanes of at least 4 members (excludes halogenated alkanes) is 1. The van der Waals surface area contributed by atoms with Gasteiger partial charge in [0.15, 0.2) is 23.0 Å². The van der Waals surface area contributed by atoms with Gasteiger partial charge in [-0.15, -0.1) is 0 Å². The van der Waals surface area contributed by atoms with Gasteiger partial charge in [0.2, 0.25) is 0 Å². The summed E-state index contributed by atoms with van der Waals surface area (Å²) in [6.07, 6.45) is 5.41. The van der Waals surface area contributed by atoms with Crippen LogP contribution in [0.25, 0.3) is 0 Å². The second kappa shape index (κ2) is 14.2. The molecule has 3 unspecified atom stereocenters. The molecule has 9 heteroatoms. The van der Waals surface area contributed by atoms with E-state index in [0.29, 0.717) is 12.1 Å². The first-order chi connectivity index (χ1) is 18.3. The summed E-state index contributed by atoms with van der Waals surface area (Å²) in [5.41, 5.74) is 5.45. The molecule has 3 atom stereocenters. The highest BCUT2D eigenvalue weighted by atomic mass is 16.5. The summed E-state index contributed by atoms with van der Waals surface area (Å²) in [6.45, 7) is 3.21.